The molecule has 0 spiro atoms. The molecule has 5 heteroatoms. The van der Waals surface area contributed by atoms with Crippen LogP contribution in [0.4, 0.5) is 4.39 Å². The smallest absolute Gasteiger partial charge is 0.342 e. The van der Waals surface area contributed by atoms with Gasteiger partial charge in [-0.3, -0.25) is 4.79 Å². The molecule has 2 atom stereocenters. The summed E-state index contributed by atoms with van der Waals surface area (Å²) in [4.78, 5) is 16.2. The third-order valence-electron chi connectivity index (χ3n) is 5.28. The number of imidazole rings is 1. The Kier molecular flexibility index (Phi) is 3.93. The number of aromatic nitrogens is 2. The zero-order chi connectivity index (χ0) is 19.1. The van der Waals surface area contributed by atoms with E-state index in [4.69, 9.17) is 0 Å². The van der Waals surface area contributed by atoms with Crippen LogP contribution < -0.4 is 9.72 Å². The van der Waals surface area contributed by atoms with Crippen molar-refractivity contribution in [3.63, 3.8) is 0 Å². The first kappa shape index (κ1) is 16.7. The van der Waals surface area contributed by atoms with E-state index in [0.717, 1.165) is 23.2 Å². The van der Waals surface area contributed by atoms with Crippen LogP contribution in [0.3, 0.4) is 0 Å². The van der Waals surface area contributed by atoms with Gasteiger partial charge in [0.05, 0.1) is 6.20 Å². The zero-order valence-electron chi connectivity index (χ0n) is 15.1. The second kappa shape index (κ2) is 6.60. The van der Waals surface area contributed by atoms with Gasteiger partial charge in [-0.2, -0.15) is 4.40 Å². The number of nitrogens with one attached hydrogen (secondary N) is 2. The topological polar surface area (TPSA) is 49.0 Å². The maximum Gasteiger partial charge on any atom is 0.351 e. The van der Waals surface area contributed by atoms with E-state index in [2.05, 4.69) is 22.4 Å². The third kappa shape index (κ3) is 2.95. The Balaban J connectivity index is 1.45. The molecule has 2 aromatic heterocycles. The quantitative estimate of drug-likeness (QED) is 0.526. The number of halogens is 1. The number of H-pyrrole nitrogens is 1. The first-order chi connectivity index (χ1) is 13.7. The Morgan fingerprint density at radius 2 is 1.75 bits per heavy atom. The van der Waals surface area contributed by atoms with Crippen molar-refractivity contribution in [1.82, 2.24) is 10.3 Å². The number of nitrogens with zero attached hydrogens (tertiary/aromatic N) is 1. The van der Waals surface area contributed by atoms with Crippen LogP contribution in [0.2, 0.25) is 0 Å². The molecule has 2 heterocycles. The van der Waals surface area contributed by atoms with Crippen molar-refractivity contribution >= 4 is 11.4 Å². The minimum Gasteiger partial charge on any atom is -0.342 e. The fourth-order valence-corrected chi connectivity index (χ4v) is 3.75. The highest BCUT2D eigenvalue weighted by molar-refractivity contribution is 5.92. The van der Waals surface area contributed by atoms with E-state index in [1.807, 2.05) is 47.0 Å². The van der Waals surface area contributed by atoms with Gasteiger partial charge >= 0.3 is 11.7 Å². The van der Waals surface area contributed by atoms with Crippen molar-refractivity contribution in [2.75, 3.05) is 0 Å². The molecule has 1 aliphatic carbocycles. The number of pyridine rings is 1. The number of amides is 1. The molecule has 2 aromatic carbocycles. The minimum absolute atomic E-state index is 0.141. The molecule has 1 amide bonds. The van der Waals surface area contributed by atoms with Gasteiger partial charge in [-0.05, 0) is 48.4 Å². The molecule has 5 rings (SSSR count). The Morgan fingerprint density at radius 1 is 1.00 bits per heavy atom. The highest BCUT2D eigenvalue weighted by atomic mass is 19.1. The molecule has 0 aliphatic heterocycles. The molecule has 4 nitrogen and oxygen atoms in total. The van der Waals surface area contributed by atoms with Crippen molar-refractivity contribution in [1.29, 1.82) is 0 Å². The molecular weight excluding hydrogens is 353 g/mol. The monoisotopic (exact) mass is 372 g/mol. The van der Waals surface area contributed by atoms with E-state index < -0.39 is 0 Å². The standard InChI is InChI=1S/C23H18FN3O/c24-17-11-9-16(10-12-17)21-20-8-4-5-13-27(20)22(26-21)23(28)25-19-14-18(19)15-6-2-1-3-7-15/h1-13,18-19H,14H2,(H,25,28)/p+1/t18-,19+/m1/s1. The van der Waals surface area contributed by atoms with Crippen molar-refractivity contribution in [2.24, 2.45) is 0 Å². The van der Waals surface area contributed by atoms with Crippen molar-refractivity contribution in [2.45, 2.75) is 18.4 Å². The van der Waals surface area contributed by atoms with E-state index in [-0.39, 0.29) is 17.8 Å². The zero-order valence-corrected chi connectivity index (χ0v) is 15.1. The van der Waals surface area contributed by atoms with Crippen LogP contribution >= 0.6 is 0 Å². The van der Waals surface area contributed by atoms with Gasteiger partial charge in [0, 0.05) is 17.5 Å². The highest BCUT2D eigenvalue weighted by Gasteiger charge is 2.41. The summed E-state index contributed by atoms with van der Waals surface area (Å²) in [6.07, 6.45) is 2.80. The lowest BCUT2D eigenvalue weighted by Crippen LogP contribution is -2.36. The van der Waals surface area contributed by atoms with E-state index in [0.29, 0.717) is 11.7 Å². The lowest BCUT2D eigenvalue weighted by molar-refractivity contribution is -0.513. The summed E-state index contributed by atoms with van der Waals surface area (Å²) in [6.45, 7) is 0. The fraction of sp³-hybridized carbons (Fsp3) is 0.130. The van der Waals surface area contributed by atoms with Crippen molar-refractivity contribution in [3.8, 4) is 11.3 Å². The number of rotatable bonds is 4. The van der Waals surface area contributed by atoms with Crippen LogP contribution in [0, 0.1) is 5.82 Å². The maximum atomic E-state index is 13.3. The minimum atomic E-state index is -0.286. The van der Waals surface area contributed by atoms with Crippen LogP contribution in [0.15, 0.2) is 79.0 Å². The Morgan fingerprint density at radius 3 is 2.54 bits per heavy atom. The highest BCUT2D eigenvalue weighted by Crippen LogP contribution is 2.40. The number of fused-ring (bicyclic) bond motifs is 1. The first-order valence-electron chi connectivity index (χ1n) is 9.35. The first-order valence-corrected chi connectivity index (χ1v) is 9.35. The van der Waals surface area contributed by atoms with Gasteiger partial charge in [-0.25, -0.2) is 9.37 Å². The predicted octanol–water partition coefficient (Wildman–Crippen LogP) is 3.85. The normalized spacial score (nSPS) is 18.2. The Labute approximate surface area is 161 Å². The van der Waals surface area contributed by atoms with Gasteiger partial charge in [-0.15, -0.1) is 0 Å². The lowest BCUT2D eigenvalue weighted by Gasteiger charge is -2.01. The van der Waals surface area contributed by atoms with Crippen LogP contribution in [0.5, 0.6) is 0 Å². The Bertz CT molecular complexity index is 1150. The van der Waals surface area contributed by atoms with Gasteiger partial charge in [0.2, 0.25) is 0 Å². The van der Waals surface area contributed by atoms with E-state index in [1.54, 1.807) is 12.1 Å². The summed E-state index contributed by atoms with van der Waals surface area (Å²) in [5, 5.41) is 3.13. The lowest BCUT2D eigenvalue weighted by atomic mass is 10.1. The van der Waals surface area contributed by atoms with Crippen LogP contribution in [-0.2, 0) is 0 Å². The average molecular weight is 372 g/mol. The summed E-state index contributed by atoms with van der Waals surface area (Å²) in [6, 6.07) is 22.4. The molecule has 28 heavy (non-hydrogen) atoms. The summed E-state index contributed by atoms with van der Waals surface area (Å²) >= 11 is 0. The third-order valence-corrected chi connectivity index (χ3v) is 5.28. The molecule has 0 bridgehead atoms. The molecule has 1 aliphatic rings. The Hall–Kier alpha value is -3.47. The van der Waals surface area contributed by atoms with E-state index in [9.17, 15) is 9.18 Å². The van der Waals surface area contributed by atoms with E-state index in [1.165, 1.54) is 17.7 Å². The molecule has 0 saturated heterocycles. The predicted molar refractivity (Wildman–Crippen MR) is 104 cm³/mol. The number of carbonyl (C=O) groups excluding carboxylic acids is 1. The maximum absolute atomic E-state index is 13.3. The molecule has 1 saturated carbocycles. The van der Waals surface area contributed by atoms with Crippen LogP contribution in [0.1, 0.15) is 28.5 Å². The molecule has 1 fully saturated rings. The molecule has 0 radical (unpaired) electrons. The number of benzene rings is 2. The van der Waals surface area contributed by atoms with Crippen molar-refractivity contribution in [3.05, 3.63) is 96.2 Å². The number of carbonyl (C=O) groups is 1. The molecular formula is C23H19FN3O+. The van der Waals surface area contributed by atoms with Gasteiger partial charge in [0.25, 0.3) is 0 Å². The summed E-state index contributed by atoms with van der Waals surface area (Å²) in [7, 11) is 0. The van der Waals surface area contributed by atoms with E-state index >= 15 is 0 Å². The number of hydrogen-bond donors (Lipinski definition) is 2. The average Bonchev–Trinajstić information content (AvgIpc) is 3.39. The largest absolute Gasteiger partial charge is 0.351 e. The molecule has 2 N–H and O–H groups in total. The van der Waals surface area contributed by atoms with Gasteiger partial charge in [0.15, 0.2) is 11.2 Å². The van der Waals surface area contributed by atoms with Gasteiger partial charge < -0.3 is 5.32 Å². The van der Waals surface area contributed by atoms with Crippen molar-refractivity contribution < 1.29 is 13.6 Å². The van der Waals surface area contributed by atoms with Crippen LogP contribution in [-0.4, -0.2) is 16.9 Å². The molecule has 0 unspecified atom stereocenters. The molecule has 138 valence electrons. The van der Waals surface area contributed by atoms with Gasteiger partial charge in [0.1, 0.15) is 5.82 Å². The fourth-order valence-electron chi connectivity index (χ4n) is 3.75. The van der Waals surface area contributed by atoms with Crippen LogP contribution in [0.25, 0.3) is 16.8 Å². The second-order valence-electron chi connectivity index (χ2n) is 7.14. The number of aromatic amines is 1. The summed E-state index contributed by atoms with van der Waals surface area (Å²) in [5.74, 6) is 0.408. The molecule has 4 aromatic rings. The second-order valence-corrected chi connectivity index (χ2v) is 7.14. The SMILES string of the molecule is O=C(N[C@H]1C[C@@H]1c1ccccc1)c1[nH]c(-c2ccc(F)cc2)c2cccc[n+]12. The summed E-state index contributed by atoms with van der Waals surface area (Å²) in [5.41, 5.74) is 3.75. The van der Waals surface area contributed by atoms with Gasteiger partial charge in [-0.1, -0.05) is 36.4 Å². The number of hydrogen-bond acceptors (Lipinski definition) is 1. The summed E-state index contributed by atoms with van der Waals surface area (Å²) < 4.78 is 15.1.